The Bertz CT molecular complexity index is 2530. The van der Waals surface area contributed by atoms with Crippen LogP contribution >= 0.6 is 11.3 Å². The van der Waals surface area contributed by atoms with Crippen LogP contribution in [0.2, 0.25) is 0 Å². The fourth-order valence-corrected chi connectivity index (χ4v) is 10.8. The zero-order chi connectivity index (χ0) is 42.6. The van der Waals surface area contributed by atoms with E-state index in [1.165, 1.54) is 11.3 Å². The number of aliphatic imine (C=N–C) groups is 1. The molecule has 5 amide bonds. The number of nitrogens with one attached hydrogen (secondary N) is 2. The molecule has 16 heteroatoms. The molecule has 2 saturated heterocycles. The molecule has 5 heterocycles. The quantitative estimate of drug-likeness (QED) is 0.0590. The molecule has 3 aliphatic rings. The number of rotatable bonds is 16. The van der Waals surface area contributed by atoms with Crippen LogP contribution in [0, 0.1) is 0 Å². The molecule has 3 aliphatic heterocycles. The Hall–Kier alpha value is -5.48. The molecule has 2 aromatic heterocycles. The highest BCUT2D eigenvalue weighted by atomic mass is 32.2. The van der Waals surface area contributed by atoms with E-state index >= 15 is 0 Å². The number of amides is 5. The number of unbranched alkanes of at least 4 members (excludes halogenated alkanes) is 6. The fourth-order valence-electron chi connectivity index (χ4n) is 8.23. The molecule has 4 N–H and O–H groups in total. The first-order valence-electron chi connectivity index (χ1n) is 20.8. The summed E-state index contributed by atoms with van der Waals surface area (Å²) in [7, 11) is -3.02. The monoisotopic (exact) mass is 854 g/mol. The van der Waals surface area contributed by atoms with Crippen LogP contribution in [0.15, 0.2) is 64.5 Å². The Kier molecular flexibility index (Phi) is 13.1. The molecule has 0 saturated carbocycles. The number of nitrogens with two attached hydrogens (primary N) is 1. The highest BCUT2D eigenvalue weighted by molar-refractivity contribution is 7.91. The van der Waals surface area contributed by atoms with Gasteiger partial charge in [-0.3, -0.25) is 44.0 Å². The van der Waals surface area contributed by atoms with Crippen molar-refractivity contribution >= 4 is 66.6 Å². The average Bonchev–Trinajstić information content (AvgIpc) is 3.79. The van der Waals surface area contributed by atoms with Crippen molar-refractivity contribution in [2.24, 2.45) is 10.7 Å². The lowest BCUT2D eigenvalue weighted by atomic mass is 9.97. The molecule has 316 valence electrons. The van der Waals surface area contributed by atoms with Gasteiger partial charge in [-0.1, -0.05) is 56.4 Å². The molecular weight excluding hydrogens is 805 g/mol. The van der Waals surface area contributed by atoms with Crippen molar-refractivity contribution in [2.75, 3.05) is 18.1 Å². The number of sulfone groups is 1. The molecule has 4 aromatic rings. The molecule has 1 atom stereocenters. The minimum Gasteiger partial charge on any atom is -0.383 e. The van der Waals surface area contributed by atoms with E-state index in [1.54, 1.807) is 34.9 Å². The Morgan fingerprint density at radius 3 is 2.30 bits per heavy atom. The first-order valence-corrected chi connectivity index (χ1v) is 23.4. The Labute approximate surface area is 352 Å². The van der Waals surface area contributed by atoms with Gasteiger partial charge in [0, 0.05) is 41.5 Å². The van der Waals surface area contributed by atoms with Crippen LogP contribution in [0.4, 0.5) is 0 Å². The van der Waals surface area contributed by atoms with Crippen molar-refractivity contribution in [1.29, 1.82) is 0 Å². The molecule has 1 unspecified atom stereocenters. The number of carbonyl (C=O) groups excluding carboxylic acids is 5. The normalized spacial score (nSPS) is 18.2. The number of nitrogens with zero attached hydrogens (tertiary/aromatic N) is 3. The summed E-state index contributed by atoms with van der Waals surface area (Å²) < 4.78 is 26.1. The van der Waals surface area contributed by atoms with Gasteiger partial charge in [0.2, 0.25) is 11.8 Å². The van der Waals surface area contributed by atoms with E-state index in [0.717, 1.165) is 71.2 Å². The lowest BCUT2D eigenvalue weighted by Crippen LogP contribution is -2.54. The third kappa shape index (κ3) is 9.29. The number of amidine groups is 1. The smallest absolute Gasteiger partial charge is 0.262 e. The predicted octanol–water partition coefficient (Wildman–Crippen LogP) is 5.14. The minimum absolute atomic E-state index is 0.0836. The van der Waals surface area contributed by atoms with E-state index in [1.807, 2.05) is 31.3 Å². The zero-order valence-corrected chi connectivity index (χ0v) is 35.3. The maximum atomic E-state index is 13.3. The van der Waals surface area contributed by atoms with E-state index < -0.39 is 39.5 Å². The van der Waals surface area contributed by atoms with Gasteiger partial charge in [0.15, 0.2) is 0 Å². The maximum absolute atomic E-state index is 13.3. The number of fused-ring (bicyclic) bond motifs is 2. The number of hydrogen-bond acceptors (Lipinski definition) is 10. The zero-order valence-electron chi connectivity index (χ0n) is 33.7. The lowest BCUT2D eigenvalue weighted by Gasteiger charge is -2.27. The first kappa shape index (κ1) is 42.6. The number of piperidine rings is 1. The number of benzene rings is 2. The summed E-state index contributed by atoms with van der Waals surface area (Å²) in [4.78, 5) is 83.0. The summed E-state index contributed by atoms with van der Waals surface area (Å²) in [6.07, 6.45) is 10.3. The molecule has 2 aromatic carbocycles. The highest BCUT2D eigenvalue weighted by Gasteiger charge is 2.45. The third-order valence-electron chi connectivity index (χ3n) is 11.6. The van der Waals surface area contributed by atoms with E-state index in [9.17, 15) is 37.2 Å². The Morgan fingerprint density at radius 1 is 0.900 bits per heavy atom. The van der Waals surface area contributed by atoms with Gasteiger partial charge < -0.3 is 15.6 Å². The van der Waals surface area contributed by atoms with Crippen molar-refractivity contribution in [3.8, 4) is 11.1 Å². The van der Waals surface area contributed by atoms with Crippen LogP contribution in [0.25, 0.3) is 21.2 Å². The highest BCUT2D eigenvalue weighted by Crippen LogP contribution is 2.34. The molecule has 0 radical (unpaired) electrons. The number of thiophene rings is 1. The lowest BCUT2D eigenvalue weighted by molar-refractivity contribution is -0.136. The van der Waals surface area contributed by atoms with Gasteiger partial charge in [0.05, 0.1) is 38.9 Å². The summed E-state index contributed by atoms with van der Waals surface area (Å²) in [5.74, 6) is -1.64. The second-order valence-corrected chi connectivity index (χ2v) is 19.1. The van der Waals surface area contributed by atoms with Crippen LogP contribution in [0.5, 0.6) is 0 Å². The minimum atomic E-state index is -3.02. The first-order chi connectivity index (χ1) is 28.8. The van der Waals surface area contributed by atoms with Crippen LogP contribution in [-0.2, 0) is 32.4 Å². The van der Waals surface area contributed by atoms with E-state index in [0.29, 0.717) is 65.1 Å². The molecular formula is C44H50N6O8S2. The van der Waals surface area contributed by atoms with Crippen molar-refractivity contribution < 1.29 is 32.4 Å². The van der Waals surface area contributed by atoms with Crippen LogP contribution in [-0.4, -0.2) is 83.4 Å². The number of pyridine rings is 1. The summed E-state index contributed by atoms with van der Waals surface area (Å²) in [5, 5.41) is 5.79. The van der Waals surface area contributed by atoms with Gasteiger partial charge in [-0.05, 0) is 80.8 Å². The molecule has 0 spiro atoms. The Balaban J connectivity index is 0.848. The van der Waals surface area contributed by atoms with Crippen molar-refractivity contribution in [2.45, 2.75) is 103 Å². The molecule has 14 nitrogen and oxygen atoms in total. The van der Waals surface area contributed by atoms with E-state index in [4.69, 9.17) is 5.73 Å². The average molecular weight is 855 g/mol. The number of carbonyl (C=O) groups is 5. The van der Waals surface area contributed by atoms with Crippen LogP contribution in [0.1, 0.15) is 119 Å². The summed E-state index contributed by atoms with van der Waals surface area (Å²) in [6, 6.07) is 13.2. The largest absolute Gasteiger partial charge is 0.383 e. The molecule has 0 bridgehead atoms. The topological polar surface area (TPSA) is 207 Å². The predicted molar refractivity (Wildman–Crippen MR) is 231 cm³/mol. The maximum Gasteiger partial charge on any atom is 0.262 e. The molecule has 2 fully saturated rings. The van der Waals surface area contributed by atoms with Gasteiger partial charge in [0.1, 0.15) is 21.7 Å². The van der Waals surface area contributed by atoms with Gasteiger partial charge in [-0.2, -0.15) is 0 Å². The number of imide groups is 2. The van der Waals surface area contributed by atoms with Crippen LogP contribution < -0.4 is 21.9 Å². The fraction of sp³-hybridized carbons (Fsp3) is 0.432. The second kappa shape index (κ2) is 18.4. The number of hydrogen-bond donors (Lipinski definition) is 3. The van der Waals surface area contributed by atoms with Gasteiger partial charge >= 0.3 is 0 Å². The van der Waals surface area contributed by atoms with Gasteiger partial charge in [-0.15, -0.1) is 11.3 Å². The van der Waals surface area contributed by atoms with Gasteiger partial charge in [-0.25, -0.2) is 8.42 Å². The SMILES string of the molecule is CCn1cc(-c2ccc(C(=O)NCCCCCCCCCc3cccc4c3C(=O)N(C3CCC(=O)NC3=O)C4=O)cc2)c2sc(C(N)=NC3CCS(=O)(=O)CC3)cc2c1=O. The molecule has 60 heavy (non-hydrogen) atoms. The van der Waals surface area contributed by atoms with Crippen molar-refractivity contribution in [3.05, 3.63) is 92.2 Å². The molecule has 7 rings (SSSR count). The van der Waals surface area contributed by atoms with E-state index in [2.05, 4.69) is 15.6 Å². The van der Waals surface area contributed by atoms with Gasteiger partial charge in [0.25, 0.3) is 23.3 Å². The molecule has 0 aliphatic carbocycles. The standard InChI is InChI=1S/C44H50N6O8S2/c1-2-49-26-33(38-32(42(49)54)25-35(59-38)39(45)47-30-20-23-60(57,58)24-21-30)27-14-16-29(17-15-27)40(52)46-22-9-7-5-3-4-6-8-11-28-12-10-13-31-37(28)44(56)50(43(31)55)34-18-19-36(51)48-41(34)53/h10,12-17,25-26,30,34H,2-9,11,18-24H2,1H3,(H2,45,47)(H,46,52)(H,48,51,53). The van der Waals surface area contributed by atoms with E-state index in [-0.39, 0.29) is 41.9 Å². The number of aryl methyl sites for hydroxylation is 2. The summed E-state index contributed by atoms with van der Waals surface area (Å²) >= 11 is 1.38. The Morgan fingerprint density at radius 2 is 1.60 bits per heavy atom. The second-order valence-electron chi connectivity index (χ2n) is 15.7. The number of aromatic nitrogens is 1. The third-order valence-corrected chi connectivity index (χ3v) is 14.5. The summed E-state index contributed by atoms with van der Waals surface area (Å²) in [6.45, 7) is 2.94. The summed E-state index contributed by atoms with van der Waals surface area (Å²) in [5.41, 5.74) is 9.99. The van der Waals surface area contributed by atoms with Crippen LogP contribution in [0.3, 0.4) is 0 Å². The van der Waals surface area contributed by atoms with Crippen molar-refractivity contribution in [1.82, 2.24) is 20.1 Å². The van der Waals surface area contributed by atoms with Crippen molar-refractivity contribution in [3.63, 3.8) is 0 Å².